The van der Waals surface area contributed by atoms with E-state index in [1.807, 2.05) is 13.8 Å². The van der Waals surface area contributed by atoms with Crippen LogP contribution < -0.4 is 9.46 Å². The molecule has 0 aliphatic rings. The average molecular weight is 356 g/mol. The van der Waals surface area contributed by atoms with Gasteiger partial charge in [0, 0.05) is 6.04 Å². The second-order valence-electron chi connectivity index (χ2n) is 5.58. The molecule has 0 spiro atoms. The first kappa shape index (κ1) is 18.3. The molecule has 2 aromatic rings. The lowest BCUT2D eigenvalue weighted by molar-refractivity contribution is 0.321. The highest BCUT2D eigenvalue weighted by Crippen LogP contribution is 2.21. The maximum Gasteiger partial charge on any atom is 0.240 e. The third-order valence-electron chi connectivity index (χ3n) is 3.45. The molecule has 7 nitrogen and oxygen atoms in total. The minimum absolute atomic E-state index is 0.00156. The summed E-state index contributed by atoms with van der Waals surface area (Å²) < 4.78 is 46.7. The van der Waals surface area contributed by atoms with Crippen LogP contribution >= 0.6 is 0 Å². The maximum atomic E-state index is 13.9. The Morgan fingerprint density at radius 2 is 1.96 bits per heavy atom. The largest absolute Gasteiger partial charge is 0.491 e. The summed E-state index contributed by atoms with van der Waals surface area (Å²) in [5, 5.41) is 7.96. The fraction of sp³-hybridized carbons (Fsp3) is 0.467. The zero-order valence-electron chi connectivity index (χ0n) is 13.8. The Bertz CT molecular complexity index is 763. The fourth-order valence-electron chi connectivity index (χ4n) is 2.09. The van der Waals surface area contributed by atoms with Crippen LogP contribution in [0.25, 0.3) is 0 Å². The topological polar surface area (TPSA) is 86.1 Å². The highest BCUT2D eigenvalue weighted by molar-refractivity contribution is 7.89. The lowest BCUT2D eigenvalue weighted by atomic mass is 10.1. The number of ether oxygens (including phenoxy) is 1. The van der Waals surface area contributed by atoms with Gasteiger partial charge in [-0.1, -0.05) is 13.8 Å². The van der Waals surface area contributed by atoms with Gasteiger partial charge in [0.25, 0.3) is 0 Å². The Morgan fingerprint density at radius 3 is 2.50 bits per heavy atom. The molecule has 1 aromatic heterocycles. The van der Waals surface area contributed by atoms with Crippen molar-refractivity contribution in [2.45, 2.75) is 38.3 Å². The molecule has 24 heavy (non-hydrogen) atoms. The van der Waals surface area contributed by atoms with E-state index in [2.05, 4.69) is 14.9 Å². The van der Waals surface area contributed by atoms with Crippen molar-refractivity contribution < 1.29 is 17.5 Å². The molecule has 1 atom stereocenters. The molecule has 2 rings (SSSR count). The van der Waals surface area contributed by atoms with Crippen LogP contribution in [-0.2, 0) is 16.6 Å². The third-order valence-corrected chi connectivity index (χ3v) is 4.94. The van der Waals surface area contributed by atoms with Gasteiger partial charge < -0.3 is 4.74 Å². The second kappa shape index (κ2) is 7.71. The summed E-state index contributed by atoms with van der Waals surface area (Å²) in [4.78, 5) is 1.26. The number of sulfonamides is 1. The van der Waals surface area contributed by atoms with Crippen molar-refractivity contribution in [2.75, 3.05) is 6.61 Å². The SMILES string of the molecule is CCOc1ccc(S(=O)(=O)NC(Cn2nccn2)C(C)C)cc1F. The molecule has 0 saturated heterocycles. The first-order chi connectivity index (χ1) is 11.3. The molecule has 0 saturated carbocycles. The van der Waals surface area contributed by atoms with E-state index < -0.39 is 21.9 Å². The Morgan fingerprint density at radius 1 is 1.29 bits per heavy atom. The van der Waals surface area contributed by atoms with Crippen molar-refractivity contribution >= 4 is 10.0 Å². The molecule has 0 amide bonds. The summed E-state index contributed by atoms with van der Waals surface area (Å²) in [5.41, 5.74) is 0. The normalized spacial score (nSPS) is 13.2. The summed E-state index contributed by atoms with van der Waals surface area (Å²) in [5.74, 6) is -0.689. The second-order valence-corrected chi connectivity index (χ2v) is 7.29. The zero-order valence-corrected chi connectivity index (χ0v) is 14.6. The van der Waals surface area contributed by atoms with Crippen molar-refractivity contribution in [3.8, 4) is 5.75 Å². The van der Waals surface area contributed by atoms with Gasteiger partial charge in [-0.3, -0.25) is 0 Å². The number of rotatable bonds is 8. The maximum absolute atomic E-state index is 13.9. The van der Waals surface area contributed by atoms with Crippen LogP contribution in [0.2, 0.25) is 0 Å². The molecule has 1 N–H and O–H groups in total. The van der Waals surface area contributed by atoms with E-state index in [-0.39, 0.29) is 23.1 Å². The van der Waals surface area contributed by atoms with Crippen LogP contribution in [0.3, 0.4) is 0 Å². The van der Waals surface area contributed by atoms with Gasteiger partial charge in [0.05, 0.1) is 30.4 Å². The number of hydrogen-bond donors (Lipinski definition) is 1. The van der Waals surface area contributed by atoms with Crippen LogP contribution in [0.5, 0.6) is 5.75 Å². The Kier molecular flexibility index (Phi) is 5.89. The number of hydrogen-bond acceptors (Lipinski definition) is 5. The third kappa shape index (κ3) is 4.51. The number of benzene rings is 1. The Labute approximate surface area is 140 Å². The molecule has 1 aromatic carbocycles. The van der Waals surface area contributed by atoms with Gasteiger partial charge in [-0.2, -0.15) is 15.0 Å². The minimum atomic E-state index is -3.88. The molecule has 0 radical (unpaired) electrons. The number of aromatic nitrogens is 3. The number of nitrogens with zero attached hydrogens (tertiary/aromatic N) is 3. The first-order valence-corrected chi connectivity index (χ1v) is 9.10. The van der Waals surface area contributed by atoms with Gasteiger partial charge in [-0.05, 0) is 31.0 Å². The van der Waals surface area contributed by atoms with Crippen LogP contribution in [-0.4, -0.2) is 36.1 Å². The van der Waals surface area contributed by atoms with Gasteiger partial charge in [-0.25, -0.2) is 17.5 Å². The van der Waals surface area contributed by atoms with Crippen molar-refractivity contribution in [1.29, 1.82) is 0 Å². The van der Waals surface area contributed by atoms with Gasteiger partial charge in [-0.15, -0.1) is 0 Å². The Balaban J connectivity index is 2.20. The van der Waals surface area contributed by atoms with Gasteiger partial charge in [0.15, 0.2) is 11.6 Å². The molecule has 0 bridgehead atoms. The monoisotopic (exact) mass is 356 g/mol. The van der Waals surface area contributed by atoms with Crippen LogP contribution in [0.1, 0.15) is 20.8 Å². The van der Waals surface area contributed by atoms with Crippen molar-refractivity contribution in [2.24, 2.45) is 5.92 Å². The van der Waals surface area contributed by atoms with Crippen molar-refractivity contribution in [3.63, 3.8) is 0 Å². The standard InChI is InChI=1S/C15H21FN4O3S/c1-4-23-15-6-5-12(9-13(15)16)24(21,22)19-14(11(2)3)10-20-17-7-8-18-20/h5-9,11,14,19H,4,10H2,1-3H3. The first-order valence-electron chi connectivity index (χ1n) is 7.62. The van der Waals surface area contributed by atoms with E-state index in [4.69, 9.17) is 4.74 Å². The lowest BCUT2D eigenvalue weighted by Gasteiger charge is -2.21. The summed E-state index contributed by atoms with van der Waals surface area (Å²) in [6.07, 6.45) is 3.04. The van der Waals surface area contributed by atoms with E-state index in [9.17, 15) is 12.8 Å². The number of nitrogens with one attached hydrogen (secondary N) is 1. The zero-order chi connectivity index (χ0) is 17.7. The smallest absolute Gasteiger partial charge is 0.240 e. The summed E-state index contributed by atoms with van der Waals surface area (Å²) >= 11 is 0. The van der Waals surface area contributed by atoms with Crippen LogP contribution in [0, 0.1) is 11.7 Å². The molecular weight excluding hydrogens is 335 g/mol. The molecule has 1 heterocycles. The van der Waals surface area contributed by atoms with Crippen LogP contribution in [0.15, 0.2) is 35.5 Å². The quantitative estimate of drug-likeness (QED) is 0.780. The molecule has 0 aliphatic heterocycles. The van der Waals surface area contributed by atoms with E-state index in [0.29, 0.717) is 6.61 Å². The molecule has 9 heteroatoms. The van der Waals surface area contributed by atoms with Crippen molar-refractivity contribution in [3.05, 3.63) is 36.4 Å². The summed E-state index contributed by atoms with van der Waals surface area (Å²) in [7, 11) is -3.88. The molecule has 0 aliphatic carbocycles. The Hall–Kier alpha value is -2.00. The molecule has 0 fully saturated rings. The van der Waals surface area contributed by atoms with E-state index in [1.165, 1.54) is 29.3 Å². The van der Waals surface area contributed by atoms with E-state index in [1.54, 1.807) is 6.92 Å². The average Bonchev–Trinajstić information content (AvgIpc) is 3.01. The van der Waals surface area contributed by atoms with E-state index >= 15 is 0 Å². The molecule has 132 valence electrons. The molecule has 1 unspecified atom stereocenters. The van der Waals surface area contributed by atoms with Crippen molar-refractivity contribution in [1.82, 2.24) is 19.7 Å². The summed E-state index contributed by atoms with van der Waals surface area (Å²) in [6, 6.07) is 3.15. The van der Waals surface area contributed by atoms with Gasteiger partial charge in [0.2, 0.25) is 10.0 Å². The van der Waals surface area contributed by atoms with E-state index in [0.717, 1.165) is 6.07 Å². The number of halogens is 1. The van der Waals surface area contributed by atoms with Gasteiger partial charge in [0.1, 0.15) is 0 Å². The van der Waals surface area contributed by atoms with Gasteiger partial charge >= 0.3 is 0 Å². The molecular formula is C15H21FN4O3S. The predicted molar refractivity (Wildman–Crippen MR) is 86.5 cm³/mol. The lowest BCUT2D eigenvalue weighted by Crippen LogP contribution is -2.41. The van der Waals surface area contributed by atoms with Crippen LogP contribution in [0.4, 0.5) is 4.39 Å². The highest BCUT2D eigenvalue weighted by atomic mass is 32.2. The highest BCUT2D eigenvalue weighted by Gasteiger charge is 2.24. The summed E-state index contributed by atoms with van der Waals surface area (Å²) in [6.45, 7) is 6.07. The predicted octanol–water partition coefficient (Wildman–Crippen LogP) is 1.82. The minimum Gasteiger partial charge on any atom is -0.491 e. The fourth-order valence-corrected chi connectivity index (χ4v) is 3.47.